The van der Waals surface area contributed by atoms with E-state index in [1.165, 1.54) is 4.90 Å². The summed E-state index contributed by atoms with van der Waals surface area (Å²) in [6.45, 7) is 8.06. The van der Waals surface area contributed by atoms with Gasteiger partial charge in [-0.25, -0.2) is 0 Å². The summed E-state index contributed by atoms with van der Waals surface area (Å²) >= 11 is 6.46. The summed E-state index contributed by atoms with van der Waals surface area (Å²) in [7, 11) is 0. The largest absolute Gasteiger partial charge is 0.481 e. The van der Waals surface area contributed by atoms with E-state index in [0.717, 1.165) is 56.4 Å². The van der Waals surface area contributed by atoms with E-state index in [9.17, 15) is 19.6 Å². The van der Waals surface area contributed by atoms with Crippen LogP contribution in [0.1, 0.15) is 62.6 Å². The minimum atomic E-state index is -1.00. The number of aliphatic carboxylic acids is 1. The van der Waals surface area contributed by atoms with Crippen LogP contribution in [0.3, 0.4) is 0 Å². The number of carboxylic acid groups (broad SMARTS) is 1. The SMILES string of the molecule is CCCCn1c(N2CCCC(C)C2)c(/C=C2\SC(=S)N(CCC(=O)O)C2=O)c(C)c(C#N)c1=O. The molecule has 182 valence electrons. The lowest BCUT2D eigenvalue weighted by Gasteiger charge is -2.36. The number of piperidine rings is 1. The Balaban J connectivity index is 2.18. The van der Waals surface area contributed by atoms with Crippen molar-refractivity contribution in [3.05, 3.63) is 31.9 Å². The molecule has 2 saturated heterocycles. The third-order valence-electron chi connectivity index (χ3n) is 6.24. The van der Waals surface area contributed by atoms with Crippen LogP contribution in [-0.2, 0) is 16.1 Å². The molecule has 34 heavy (non-hydrogen) atoms. The standard InChI is InChI=1S/C24H30N4O4S2/c1-4-5-10-27-21(26-9-6-7-15(2)14-26)17(16(3)18(13-25)22(27)31)12-19-23(32)28(24(33)34-19)11-8-20(29)30/h12,15H,4-11,14H2,1-3H3,(H,29,30)/b19-12-. The first-order chi connectivity index (χ1) is 16.2. The van der Waals surface area contributed by atoms with Gasteiger partial charge in [0.2, 0.25) is 0 Å². The molecule has 3 rings (SSSR count). The van der Waals surface area contributed by atoms with E-state index in [1.807, 2.05) is 0 Å². The molecule has 0 aliphatic carbocycles. The fourth-order valence-electron chi connectivity index (χ4n) is 4.42. The van der Waals surface area contributed by atoms with Gasteiger partial charge >= 0.3 is 5.97 Å². The molecule has 8 nitrogen and oxygen atoms in total. The molecule has 0 aromatic carbocycles. The molecule has 2 aliphatic rings. The van der Waals surface area contributed by atoms with E-state index in [4.69, 9.17) is 17.3 Å². The van der Waals surface area contributed by atoms with Gasteiger partial charge < -0.3 is 10.0 Å². The fourth-order valence-corrected chi connectivity index (χ4v) is 5.71. The number of thioether (sulfide) groups is 1. The molecule has 1 aromatic rings. The number of nitriles is 1. The molecule has 0 saturated carbocycles. The van der Waals surface area contributed by atoms with Crippen molar-refractivity contribution in [1.82, 2.24) is 9.47 Å². The number of nitrogens with zero attached hydrogens (tertiary/aromatic N) is 4. The van der Waals surface area contributed by atoms with Gasteiger partial charge in [-0.05, 0) is 43.7 Å². The minimum absolute atomic E-state index is 0.00621. The topological polar surface area (TPSA) is 107 Å². The second-order valence-electron chi connectivity index (χ2n) is 8.83. The smallest absolute Gasteiger partial charge is 0.305 e. The van der Waals surface area contributed by atoms with E-state index < -0.39 is 5.97 Å². The van der Waals surface area contributed by atoms with Crippen molar-refractivity contribution in [2.75, 3.05) is 24.5 Å². The molecule has 2 fully saturated rings. The number of aromatic nitrogens is 1. The molecule has 1 N–H and O–H groups in total. The van der Waals surface area contributed by atoms with Gasteiger partial charge in [0, 0.05) is 31.7 Å². The van der Waals surface area contributed by atoms with Crippen molar-refractivity contribution >= 4 is 52.1 Å². The molecule has 0 spiro atoms. The van der Waals surface area contributed by atoms with Crippen molar-refractivity contribution in [3.63, 3.8) is 0 Å². The Morgan fingerprint density at radius 3 is 2.71 bits per heavy atom. The highest BCUT2D eigenvalue weighted by Gasteiger charge is 2.33. The van der Waals surface area contributed by atoms with Gasteiger partial charge in [-0.2, -0.15) is 5.26 Å². The molecular weight excluding hydrogens is 472 g/mol. The van der Waals surface area contributed by atoms with E-state index in [0.29, 0.717) is 32.8 Å². The number of pyridine rings is 1. The van der Waals surface area contributed by atoms with Crippen molar-refractivity contribution in [2.24, 2.45) is 5.92 Å². The van der Waals surface area contributed by atoms with Gasteiger partial charge in [-0.1, -0.05) is 44.2 Å². The van der Waals surface area contributed by atoms with Crippen LogP contribution in [0.4, 0.5) is 5.82 Å². The van der Waals surface area contributed by atoms with Crippen LogP contribution in [0.25, 0.3) is 6.08 Å². The van der Waals surface area contributed by atoms with E-state index in [2.05, 4.69) is 24.8 Å². The van der Waals surface area contributed by atoms with Crippen molar-refractivity contribution < 1.29 is 14.7 Å². The van der Waals surface area contributed by atoms with Gasteiger partial charge in [-0.15, -0.1) is 0 Å². The molecule has 10 heteroatoms. The zero-order chi connectivity index (χ0) is 25.0. The summed E-state index contributed by atoms with van der Waals surface area (Å²) in [6.07, 6.45) is 5.33. The number of hydrogen-bond donors (Lipinski definition) is 1. The average Bonchev–Trinajstić information content (AvgIpc) is 3.05. The van der Waals surface area contributed by atoms with Crippen LogP contribution < -0.4 is 10.5 Å². The molecule has 1 amide bonds. The molecule has 2 aliphatic heterocycles. The summed E-state index contributed by atoms with van der Waals surface area (Å²) in [6, 6.07) is 2.07. The maximum Gasteiger partial charge on any atom is 0.305 e. The first-order valence-corrected chi connectivity index (χ1v) is 12.8. The maximum absolute atomic E-state index is 13.3. The van der Waals surface area contributed by atoms with Crippen LogP contribution in [0.5, 0.6) is 0 Å². The Labute approximate surface area is 209 Å². The second-order valence-corrected chi connectivity index (χ2v) is 10.5. The Morgan fingerprint density at radius 1 is 1.35 bits per heavy atom. The summed E-state index contributed by atoms with van der Waals surface area (Å²) in [5, 5.41) is 18.8. The Hall–Kier alpha value is -2.64. The average molecular weight is 503 g/mol. The van der Waals surface area contributed by atoms with E-state index >= 15 is 0 Å². The van der Waals surface area contributed by atoms with Gasteiger partial charge in [0.05, 0.1) is 11.3 Å². The normalized spacial score (nSPS) is 19.7. The second kappa shape index (κ2) is 11.2. The van der Waals surface area contributed by atoms with Crippen molar-refractivity contribution in [1.29, 1.82) is 5.26 Å². The lowest BCUT2D eigenvalue weighted by atomic mass is 9.98. The maximum atomic E-state index is 13.3. The molecule has 1 atom stereocenters. The zero-order valence-corrected chi connectivity index (χ0v) is 21.4. The number of rotatable bonds is 8. The third-order valence-corrected chi connectivity index (χ3v) is 7.61. The first kappa shape index (κ1) is 26.0. The Kier molecular flexibility index (Phi) is 8.55. The number of thiocarbonyl (C=S) groups is 1. The van der Waals surface area contributed by atoms with Gasteiger partial charge in [-0.3, -0.25) is 23.9 Å². The van der Waals surface area contributed by atoms with Crippen LogP contribution >= 0.6 is 24.0 Å². The van der Waals surface area contributed by atoms with Crippen LogP contribution in [0, 0.1) is 24.2 Å². The molecule has 1 unspecified atom stereocenters. The molecule has 0 radical (unpaired) electrons. The number of anilines is 1. The number of carbonyl (C=O) groups is 2. The molecule has 3 heterocycles. The monoisotopic (exact) mass is 502 g/mol. The lowest BCUT2D eigenvalue weighted by Crippen LogP contribution is -2.40. The highest BCUT2D eigenvalue weighted by molar-refractivity contribution is 8.26. The summed E-state index contributed by atoms with van der Waals surface area (Å²) in [5.74, 6) is -0.144. The van der Waals surface area contributed by atoms with Gasteiger partial charge in [0.25, 0.3) is 11.5 Å². The number of unbranched alkanes of at least 4 members (excludes halogenated alkanes) is 1. The Morgan fingerprint density at radius 2 is 2.09 bits per heavy atom. The number of amides is 1. The van der Waals surface area contributed by atoms with E-state index in [1.54, 1.807) is 17.6 Å². The molecular formula is C24H30N4O4S2. The predicted molar refractivity (Wildman–Crippen MR) is 138 cm³/mol. The van der Waals surface area contributed by atoms with Crippen LogP contribution in [0.2, 0.25) is 0 Å². The van der Waals surface area contributed by atoms with Crippen molar-refractivity contribution in [2.45, 2.75) is 59.4 Å². The number of hydrogen-bond acceptors (Lipinski definition) is 7. The van der Waals surface area contributed by atoms with Gasteiger partial charge in [0.1, 0.15) is 21.8 Å². The highest BCUT2D eigenvalue weighted by atomic mass is 32.2. The fraction of sp³-hybridized carbons (Fsp3) is 0.542. The predicted octanol–water partition coefficient (Wildman–Crippen LogP) is 3.74. The summed E-state index contributed by atoms with van der Waals surface area (Å²) in [4.78, 5) is 41.3. The van der Waals surface area contributed by atoms with E-state index in [-0.39, 0.29) is 30.0 Å². The summed E-state index contributed by atoms with van der Waals surface area (Å²) in [5.41, 5.74) is 1.01. The third kappa shape index (κ3) is 5.36. The number of carbonyl (C=O) groups excluding carboxylic acids is 1. The molecule has 1 aromatic heterocycles. The van der Waals surface area contributed by atoms with Crippen LogP contribution in [0.15, 0.2) is 9.70 Å². The minimum Gasteiger partial charge on any atom is -0.481 e. The van der Waals surface area contributed by atoms with Crippen molar-refractivity contribution in [3.8, 4) is 6.07 Å². The van der Waals surface area contributed by atoms with Crippen LogP contribution in [-0.4, -0.2) is 50.4 Å². The molecule has 0 bridgehead atoms. The zero-order valence-electron chi connectivity index (χ0n) is 19.8. The quantitative estimate of drug-likeness (QED) is 0.423. The highest BCUT2D eigenvalue weighted by Crippen LogP contribution is 2.37. The number of carboxylic acids is 1. The Bertz CT molecular complexity index is 1140. The summed E-state index contributed by atoms with van der Waals surface area (Å²) < 4.78 is 2.01. The lowest BCUT2D eigenvalue weighted by molar-refractivity contribution is -0.137. The first-order valence-electron chi connectivity index (χ1n) is 11.6. The van der Waals surface area contributed by atoms with Gasteiger partial charge in [0.15, 0.2) is 0 Å².